The number of cyclic esters (lactones) is 1. The zero-order valence-electron chi connectivity index (χ0n) is 13.9. The van der Waals surface area contributed by atoms with Crippen LogP contribution in [-0.2, 0) is 9.53 Å². The Morgan fingerprint density at radius 3 is 2.65 bits per heavy atom. The molecule has 4 rings (SSSR count). The minimum atomic E-state index is -0.366. The van der Waals surface area contributed by atoms with Crippen molar-refractivity contribution in [3.63, 3.8) is 0 Å². The first kappa shape index (κ1) is 17.1. The van der Waals surface area contributed by atoms with E-state index < -0.39 is 0 Å². The van der Waals surface area contributed by atoms with Crippen LogP contribution in [0.5, 0.6) is 0 Å². The Morgan fingerprint density at radius 1 is 1.19 bits per heavy atom. The third-order valence-electron chi connectivity index (χ3n) is 4.23. The molecule has 1 saturated heterocycles. The van der Waals surface area contributed by atoms with E-state index in [9.17, 15) is 9.59 Å². The molecule has 0 N–H and O–H groups in total. The average molecular weight is 387 g/mol. The van der Waals surface area contributed by atoms with Crippen LogP contribution in [-0.4, -0.2) is 27.4 Å². The minimum absolute atomic E-state index is 0.190. The Morgan fingerprint density at radius 2 is 1.96 bits per heavy atom. The van der Waals surface area contributed by atoms with Crippen LogP contribution in [0, 0.1) is 6.92 Å². The van der Waals surface area contributed by atoms with Crippen molar-refractivity contribution < 1.29 is 9.53 Å². The molecule has 3 aromatic rings. The second kappa shape index (κ2) is 6.78. The SMILES string of the molecule is Cc1ccc(-n2c(S[C@H]3CCOC3=O)nc3cc(Cl)ccc3c2=O)cc1. The van der Waals surface area contributed by atoms with Gasteiger partial charge in [0.05, 0.1) is 23.2 Å². The average Bonchev–Trinajstić information content (AvgIpc) is 3.01. The fourth-order valence-corrected chi connectivity index (χ4v) is 4.09. The lowest BCUT2D eigenvalue weighted by molar-refractivity contribution is -0.137. The molecule has 1 atom stereocenters. The van der Waals surface area contributed by atoms with Gasteiger partial charge in [0.1, 0.15) is 5.25 Å². The summed E-state index contributed by atoms with van der Waals surface area (Å²) in [4.78, 5) is 29.7. The third kappa shape index (κ3) is 3.10. The van der Waals surface area contributed by atoms with E-state index in [4.69, 9.17) is 16.3 Å². The summed E-state index contributed by atoms with van der Waals surface area (Å²) in [5.74, 6) is -0.272. The first-order valence-electron chi connectivity index (χ1n) is 8.15. The van der Waals surface area contributed by atoms with Crippen molar-refractivity contribution >= 4 is 40.2 Å². The Bertz CT molecular complexity index is 1060. The van der Waals surface area contributed by atoms with E-state index >= 15 is 0 Å². The summed E-state index contributed by atoms with van der Waals surface area (Å²) in [6, 6.07) is 12.6. The largest absolute Gasteiger partial charge is 0.465 e. The number of esters is 1. The molecule has 2 heterocycles. The highest BCUT2D eigenvalue weighted by atomic mass is 35.5. The lowest BCUT2D eigenvalue weighted by Gasteiger charge is -2.15. The molecular weight excluding hydrogens is 372 g/mol. The van der Waals surface area contributed by atoms with Gasteiger partial charge in [-0.3, -0.25) is 14.2 Å². The van der Waals surface area contributed by atoms with Crippen molar-refractivity contribution in [2.45, 2.75) is 23.8 Å². The van der Waals surface area contributed by atoms with Gasteiger partial charge in [-0.15, -0.1) is 0 Å². The number of benzene rings is 2. The van der Waals surface area contributed by atoms with E-state index in [1.54, 1.807) is 22.8 Å². The van der Waals surface area contributed by atoms with Gasteiger partial charge in [0.2, 0.25) is 0 Å². The Hall–Kier alpha value is -2.31. The Labute approximate surface area is 159 Å². The predicted octanol–water partition coefficient (Wildman–Crippen LogP) is 3.76. The summed E-state index contributed by atoms with van der Waals surface area (Å²) in [6.07, 6.45) is 0.598. The molecule has 5 nitrogen and oxygen atoms in total. The van der Waals surface area contributed by atoms with Gasteiger partial charge in [-0.05, 0) is 37.3 Å². The van der Waals surface area contributed by atoms with Gasteiger partial charge in [0.15, 0.2) is 5.16 Å². The van der Waals surface area contributed by atoms with Crippen LogP contribution in [0.3, 0.4) is 0 Å². The number of hydrogen-bond acceptors (Lipinski definition) is 5. The van der Waals surface area contributed by atoms with E-state index in [0.717, 1.165) is 5.56 Å². The van der Waals surface area contributed by atoms with Crippen molar-refractivity contribution in [3.05, 3.63) is 63.4 Å². The molecule has 0 radical (unpaired) electrons. The van der Waals surface area contributed by atoms with Gasteiger partial charge in [0.25, 0.3) is 5.56 Å². The van der Waals surface area contributed by atoms with Crippen molar-refractivity contribution in [2.24, 2.45) is 0 Å². The molecule has 1 aliphatic heterocycles. The topological polar surface area (TPSA) is 61.2 Å². The molecule has 0 amide bonds. The van der Waals surface area contributed by atoms with Crippen LogP contribution in [0.25, 0.3) is 16.6 Å². The Kier molecular flexibility index (Phi) is 4.46. The number of carbonyl (C=O) groups excluding carboxylic acids is 1. The number of nitrogens with zero attached hydrogens (tertiary/aromatic N) is 2. The van der Waals surface area contributed by atoms with E-state index in [-0.39, 0.29) is 16.8 Å². The van der Waals surface area contributed by atoms with Gasteiger partial charge in [0, 0.05) is 11.4 Å². The number of thioether (sulfide) groups is 1. The molecule has 1 fully saturated rings. The summed E-state index contributed by atoms with van der Waals surface area (Å²) >= 11 is 7.32. The van der Waals surface area contributed by atoms with Gasteiger partial charge < -0.3 is 4.74 Å². The molecule has 0 unspecified atom stereocenters. The summed E-state index contributed by atoms with van der Waals surface area (Å²) in [5, 5.41) is 1.08. The molecule has 1 aliphatic rings. The molecule has 0 bridgehead atoms. The number of aryl methyl sites for hydroxylation is 1. The molecule has 7 heteroatoms. The standard InChI is InChI=1S/C19H15ClN2O3S/c1-11-2-5-13(6-3-11)22-17(23)14-7-4-12(20)10-15(14)21-19(22)26-16-8-9-25-18(16)24/h2-7,10,16H,8-9H2,1H3/t16-/m0/s1. The number of ether oxygens (including phenoxy) is 1. The normalized spacial score (nSPS) is 16.8. The maximum atomic E-state index is 13.2. The Balaban J connectivity index is 1.93. The van der Waals surface area contributed by atoms with Gasteiger partial charge >= 0.3 is 5.97 Å². The summed E-state index contributed by atoms with van der Waals surface area (Å²) in [6.45, 7) is 2.38. The van der Waals surface area contributed by atoms with Crippen LogP contribution in [0.1, 0.15) is 12.0 Å². The summed E-state index contributed by atoms with van der Waals surface area (Å²) < 4.78 is 6.59. The fourth-order valence-electron chi connectivity index (χ4n) is 2.85. The molecule has 0 aliphatic carbocycles. The summed E-state index contributed by atoms with van der Waals surface area (Å²) in [7, 11) is 0. The van der Waals surface area contributed by atoms with Crippen molar-refractivity contribution in [1.82, 2.24) is 9.55 Å². The van der Waals surface area contributed by atoms with Gasteiger partial charge in [-0.1, -0.05) is 41.1 Å². The monoisotopic (exact) mass is 386 g/mol. The highest BCUT2D eigenvalue weighted by Gasteiger charge is 2.29. The molecule has 2 aromatic carbocycles. The first-order chi connectivity index (χ1) is 12.5. The van der Waals surface area contributed by atoms with Crippen molar-refractivity contribution in [1.29, 1.82) is 0 Å². The number of halogens is 1. The maximum absolute atomic E-state index is 13.2. The fraction of sp³-hybridized carbons (Fsp3) is 0.211. The highest BCUT2D eigenvalue weighted by Crippen LogP contribution is 2.30. The number of carbonyl (C=O) groups is 1. The second-order valence-electron chi connectivity index (χ2n) is 6.09. The lowest BCUT2D eigenvalue weighted by Crippen LogP contribution is -2.23. The zero-order valence-corrected chi connectivity index (χ0v) is 15.5. The van der Waals surface area contributed by atoms with Gasteiger partial charge in [-0.25, -0.2) is 4.98 Å². The molecule has 1 aromatic heterocycles. The number of hydrogen-bond donors (Lipinski definition) is 0. The lowest BCUT2D eigenvalue weighted by atomic mass is 10.2. The number of fused-ring (bicyclic) bond motifs is 1. The number of rotatable bonds is 3. The zero-order chi connectivity index (χ0) is 18.3. The van der Waals surface area contributed by atoms with E-state index in [1.807, 2.05) is 31.2 Å². The maximum Gasteiger partial charge on any atom is 0.319 e. The van der Waals surface area contributed by atoms with Crippen LogP contribution < -0.4 is 5.56 Å². The molecule has 0 spiro atoms. The minimum Gasteiger partial charge on any atom is -0.465 e. The van der Waals surface area contributed by atoms with Crippen molar-refractivity contribution in [2.75, 3.05) is 6.61 Å². The number of aromatic nitrogens is 2. The van der Waals surface area contributed by atoms with Crippen molar-refractivity contribution in [3.8, 4) is 5.69 Å². The predicted molar refractivity (Wildman–Crippen MR) is 102 cm³/mol. The molecule has 0 saturated carbocycles. The third-order valence-corrected chi connectivity index (χ3v) is 5.66. The molecular formula is C19H15ClN2O3S. The molecule has 132 valence electrons. The van der Waals surface area contributed by atoms with E-state index in [0.29, 0.717) is 39.8 Å². The van der Waals surface area contributed by atoms with Crippen LogP contribution in [0.4, 0.5) is 0 Å². The smallest absolute Gasteiger partial charge is 0.319 e. The van der Waals surface area contributed by atoms with E-state index in [2.05, 4.69) is 4.98 Å². The molecule has 26 heavy (non-hydrogen) atoms. The van der Waals surface area contributed by atoms with Crippen LogP contribution in [0.2, 0.25) is 5.02 Å². The van der Waals surface area contributed by atoms with Crippen LogP contribution in [0.15, 0.2) is 52.4 Å². The summed E-state index contributed by atoms with van der Waals surface area (Å²) in [5.41, 5.74) is 2.12. The highest BCUT2D eigenvalue weighted by molar-refractivity contribution is 8.00. The second-order valence-corrected chi connectivity index (χ2v) is 7.70. The van der Waals surface area contributed by atoms with E-state index in [1.165, 1.54) is 11.8 Å². The quantitative estimate of drug-likeness (QED) is 0.506. The van der Waals surface area contributed by atoms with Crippen LogP contribution >= 0.6 is 23.4 Å². The first-order valence-corrected chi connectivity index (χ1v) is 9.41. The van der Waals surface area contributed by atoms with Gasteiger partial charge in [-0.2, -0.15) is 0 Å².